The largest absolute Gasteiger partial charge is 0.508 e. The second-order valence-corrected chi connectivity index (χ2v) is 21.2. The van der Waals surface area contributed by atoms with Crippen LogP contribution in [0.25, 0.3) is 0 Å². The molecule has 0 bridgehead atoms. The fraction of sp³-hybridized carbons (Fsp3) is 0.491. The summed E-state index contributed by atoms with van der Waals surface area (Å²) in [6.45, 7) is 3.55. The Morgan fingerprint density at radius 3 is 1.57 bits per heavy atom. The molecule has 2 aliphatic rings. The van der Waals surface area contributed by atoms with E-state index in [0.717, 1.165) is 5.56 Å². The summed E-state index contributed by atoms with van der Waals surface area (Å²) in [5.41, 5.74) is 30.2. The van der Waals surface area contributed by atoms with Crippen molar-refractivity contribution in [3.63, 3.8) is 0 Å². The number of carbonyl (C=O) groups excluding carboxylic acids is 8. The molecule has 450 valence electrons. The number of aliphatic carboxylic acids is 1. The molecule has 3 aromatic carbocycles. The highest BCUT2D eigenvalue weighted by Crippen LogP contribution is 2.23. The van der Waals surface area contributed by atoms with Gasteiger partial charge in [-0.15, -0.1) is 0 Å². The molecule has 8 amide bonds. The van der Waals surface area contributed by atoms with Crippen LogP contribution in [0.15, 0.2) is 94.9 Å². The van der Waals surface area contributed by atoms with E-state index < -0.39 is 108 Å². The average molecular weight is 1150 g/mol. The molecular weight excluding hydrogens is 1070 g/mol. The van der Waals surface area contributed by atoms with Crippen LogP contribution < -0.4 is 60.6 Å². The Morgan fingerprint density at radius 1 is 0.566 bits per heavy atom. The highest BCUT2D eigenvalue weighted by molar-refractivity contribution is 5.98. The molecule has 26 heteroatoms. The fourth-order valence-corrected chi connectivity index (χ4v) is 9.95. The second kappa shape index (κ2) is 32.6. The molecule has 2 fully saturated rings. The van der Waals surface area contributed by atoms with Crippen molar-refractivity contribution in [2.75, 3.05) is 32.7 Å². The van der Waals surface area contributed by atoms with E-state index in [-0.39, 0.29) is 108 Å². The lowest BCUT2D eigenvalue weighted by Gasteiger charge is -2.31. The lowest BCUT2D eigenvalue weighted by Crippen LogP contribution is -2.60. The first-order valence-corrected chi connectivity index (χ1v) is 27.9. The van der Waals surface area contributed by atoms with Crippen molar-refractivity contribution in [3.8, 4) is 5.75 Å². The van der Waals surface area contributed by atoms with Crippen molar-refractivity contribution < 1.29 is 53.4 Å². The van der Waals surface area contributed by atoms with Crippen LogP contribution in [0.1, 0.15) is 88.3 Å². The maximum Gasteiger partial charge on any atom is 0.326 e. The summed E-state index contributed by atoms with van der Waals surface area (Å²) in [5.74, 6) is -7.29. The minimum absolute atomic E-state index is 0.00519. The van der Waals surface area contributed by atoms with Gasteiger partial charge in [-0.1, -0.05) is 86.6 Å². The molecule has 0 aromatic heterocycles. The first-order valence-electron chi connectivity index (χ1n) is 27.9. The van der Waals surface area contributed by atoms with Crippen molar-refractivity contribution >= 4 is 65.1 Å². The van der Waals surface area contributed by atoms with Crippen LogP contribution in [-0.4, -0.2) is 166 Å². The summed E-state index contributed by atoms with van der Waals surface area (Å²) in [5, 5.41) is 35.8. The number of amides is 8. The predicted molar refractivity (Wildman–Crippen MR) is 309 cm³/mol. The first-order chi connectivity index (χ1) is 39.6. The molecule has 8 atom stereocenters. The standard InChI is InChI=1S/C57H81N15O11/c1-34(2)29-42(48(75)65-33-47(74)66-41(55(82)83)18-10-26-64-57(61)62)68-49(76)40(17-9-25-63-56(59)60)67-51(78)46-20-12-28-72(46)54(81)44(32-36-15-7-4-8-16-36)70-50(77)43(31-37-21-23-38(73)24-22-37)69-52(79)45-19-11-27-71(45)53(80)39(58)30-35-13-5-3-6-14-35/h3-8,13-16,21-24,34,39-46,73H,9-12,17-20,25-33,58H2,1-2H3,(H,65,75)(H,66,74)(H,67,78)(H,68,76)(H,69,79)(H,70,77)(H,82,83)(H4,59,60,63)(H4,61,62,64)/t39-,40-,41-,42-,43-,44-,45-,46-/m0/s1. The van der Waals surface area contributed by atoms with Crippen molar-refractivity contribution in [1.82, 2.24) is 41.7 Å². The third-order valence-electron chi connectivity index (χ3n) is 14.1. The van der Waals surface area contributed by atoms with Gasteiger partial charge in [0.1, 0.15) is 48.0 Å². The van der Waals surface area contributed by atoms with Crippen LogP contribution in [-0.2, 0) is 62.4 Å². The molecule has 2 saturated heterocycles. The Bertz CT molecular complexity index is 2740. The van der Waals surface area contributed by atoms with Gasteiger partial charge in [0, 0.05) is 39.0 Å². The van der Waals surface area contributed by atoms with Crippen LogP contribution >= 0.6 is 0 Å². The quantitative estimate of drug-likeness (QED) is 0.0198. The number of nitrogens with two attached hydrogens (primary N) is 5. The van der Waals surface area contributed by atoms with Crippen molar-refractivity contribution in [2.24, 2.45) is 44.6 Å². The van der Waals surface area contributed by atoms with Crippen LogP contribution in [0.5, 0.6) is 5.75 Å². The highest BCUT2D eigenvalue weighted by atomic mass is 16.4. The lowest BCUT2D eigenvalue weighted by atomic mass is 10.0. The molecule has 2 aliphatic heterocycles. The second-order valence-electron chi connectivity index (χ2n) is 21.2. The van der Waals surface area contributed by atoms with E-state index in [1.165, 1.54) is 21.9 Å². The summed E-state index contributed by atoms with van der Waals surface area (Å²) in [7, 11) is 0. The molecule has 3 aromatic rings. The molecule has 5 rings (SSSR count). The van der Waals surface area contributed by atoms with Crippen LogP contribution in [0.2, 0.25) is 0 Å². The Balaban J connectivity index is 1.34. The number of nitrogens with one attached hydrogen (secondary N) is 6. The van der Waals surface area contributed by atoms with Gasteiger partial charge in [-0.3, -0.25) is 48.3 Å². The summed E-state index contributed by atoms with van der Waals surface area (Å²) in [6.07, 6.45) is 2.01. The number of nitrogens with zero attached hydrogens (tertiary/aromatic N) is 4. The van der Waals surface area contributed by atoms with E-state index in [1.54, 1.807) is 56.3 Å². The molecule has 0 spiro atoms. The van der Waals surface area contributed by atoms with Gasteiger partial charge < -0.3 is 80.6 Å². The number of phenolic OH excluding ortho intramolecular Hbond substituents is 1. The number of carboxylic acid groups (broad SMARTS) is 1. The Labute approximate surface area is 482 Å². The minimum Gasteiger partial charge on any atom is -0.508 e. The first kappa shape index (κ1) is 65.0. The van der Waals surface area contributed by atoms with Crippen molar-refractivity contribution in [1.29, 1.82) is 0 Å². The third-order valence-corrected chi connectivity index (χ3v) is 14.1. The van der Waals surface area contributed by atoms with E-state index in [2.05, 4.69) is 41.9 Å². The Kier molecular flexibility index (Phi) is 25.5. The molecule has 83 heavy (non-hydrogen) atoms. The van der Waals surface area contributed by atoms with Gasteiger partial charge in [0.15, 0.2) is 11.9 Å². The lowest BCUT2D eigenvalue weighted by molar-refractivity contribution is -0.143. The number of guanidine groups is 2. The molecule has 26 nitrogen and oxygen atoms in total. The average Bonchev–Trinajstić information content (AvgIpc) is 4.41. The summed E-state index contributed by atoms with van der Waals surface area (Å²) in [4.78, 5) is 135. The smallest absolute Gasteiger partial charge is 0.326 e. The fourth-order valence-electron chi connectivity index (χ4n) is 9.95. The van der Waals surface area contributed by atoms with Gasteiger partial charge in [0.05, 0.1) is 12.6 Å². The van der Waals surface area contributed by atoms with E-state index >= 15 is 0 Å². The molecule has 0 radical (unpaired) electrons. The number of carbonyl (C=O) groups is 9. The summed E-state index contributed by atoms with van der Waals surface area (Å²) >= 11 is 0. The van der Waals surface area contributed by atoms with Gasteiger partial charge >= 0.3 is 5.97 Å². The Hall–Kier alpha value is -8.81. The number of rotatable bonds is 31. The molecule has 2 heterocycles. The summed E-state index contributed by atoms with van der Waals surface area (Å²) in [6, 6.07) is 14.7. The zero-order chi connectivity index (χ0) is 60.6. The number of hydrogen-bond donors (Lipinski definition) is 13. The summed E-state index contributed by atoms with van der Waals surface area (Å²) < 4.78 is 0. The van der Waals surface area contributed by atoms with Crippen LogP contribution in [0.4, 0.5) is 0 Å². The minimum atomic E-state index is -1.31. The van der Waals surface area contributed by atoms with Crippen LogP contribution in [0.3, 0.4) is 0 Å². The number of benzene rings is 3. The number of phenols is 1. The monoisotopic (exact) mass is 1150 g/mol. The van der Waals surface area contributed by atoms with Gasteiger partial charge in [-0.05, 0) is 98.9 Å². The molecule has 0 saturated carbocycles. The van der Waals surface area contributed by atoms with E-state index in [1.807, 2.05) is 30.3 Å². The molecule has 0 aliphatic carbocycles. The zero-order valence-corrected chi connectivity index (χ0v) is 47.0. The van der Waals surface area contributed by atoms with E-state index in [4.69, 9.17) is 28.7 Å². The molecule has 0 unspecified atom stereocenters. The highest BCUT2D eigenvalue weighted by Gasteiger charge is 2.42. The van der Waals surface area contributed by atoms with Crippen molar-refractivity contribution in [3.05, 3.63) is 102 Å². The maximum atomic E-state index is 15.0. The number of aliphatic imine (C=N–C) groups is 2. The maximum absolute atomic E-state index is 15.0. The number of hydrogen-bond acceptors (Lipinski definition) is 13. The Morgan fingerprint density at radius 2 is 1.04 bits per heavy atom. The third kappa shape index (κ3) is 21.2. The SMILES string of the molecule is CC(C)C[C@H](NC(=O)[C@H](CCCN=C(N)N)NC(=O)[C@@H]1CCCN1C(=O)[C@H](Cc1ccccc1)NC(=O)[C@H](Cc1ccc(O)cc1)NC(=O)[C@@H]1CCCN1C(=O)[C@@H](N)Cc1ccccc1)C(=O)NCC(=O)N[C@@H](CCCN=C(N)N)C(=O)O. The predicted octanol–water partition coefficient (Wildman–Crippen LogP) is -1.49. The molecule has 18 N–H and O–H groups in total. The zero-order valence-electron chi connectivity index (χ0n) is 47.0. The number of carboxylic acids is 1. The van der Waals surface area contributed by atoms with Gasteiger partial charge in [0.2, 0.25) is 47.3 Å². The molecular formula is C57H81N15O11. The number of likely N-dealkylation sites (tertiary alicyclic amines) is 2. The van der Waals surface area contributed by atoms with Gasteiger partial charge in [0.25, 0.3) is 0 Å². The van der Waals surface area contributed by atoms with Gasteiger partial charge in [-0.25, -0.2) is 4.79 Å². The van der Waals surface area contributed by atoms with E-state index in [0.29, 0.717) is 30.4 Å². The number of aromatic hydroxyl groups is 1. The van der Waals surface area contributed by atoms with Crippen molar-refractivity contribution in [2.45, 2.75) is 139 Å². The topological polar surface area (TPSA) is 428 Å². The normalized spacial score (nSPS) is 16.9. The van der Waals surface area contributed by atoms with E-state index in [9.17, 15) is 53.4 Å². The van der Waals surface area contributed by atoms with Crippen LogP contribution in [0, 0.1) is 5.92 Å². The van der Waals surface area contributed by atoms with Gasteiger partial charge in [-0.2, -0.15) is 0 Å².